The SMILES string of the molecule is Cn1nnc(-c2ccc(Cl)cc2F)c1Cn1ncc(-c2ccc(O)nc2)cc1=O. The second-order valence-electron chi connectivity index (χ2n) is 6.28. The van der Waals surface area contributed by atoms with Gasteiger partial charge in [0.05, 0.1) is 18.4 Å². The van der Waals surface area contributed by atoms with Crippen LogP contribution in [0, 0.1) is 5.82 Å². The van der Waals surface area contributed by atoms with Crippen molar-refractivity contribution in [2.45, 2.75) is 6.54 Å². The zero-order valence-electron chi connectivity index (χ0n) is 15.1. The van der Waals surface area contributed by atoms with E-state index in [0.717, 1.165) is 0 Å². The van der Waals surface area contributed by atoms with E-state index in [1.54, 1.807) is 19.2 Å². The number of nitrogens with zero attached hydrogens (tertiary/aromatic N) is 6. The average molecular weight is 413 g/mol. The number of hydrogen-bond acceptors (Lipinski definition) is 6. The molecule has 29 heavy (non-hydrogen) atoms. The number of halogens is 2. The van der Waals surface area contributed by atoms with Crippen LogP contribution < -0.4 is 5.56 Å². The molecule has 4 rings (SSSR count). The summed E-state index contributed by atoms with van der Waals surface area (Å²) in [6.45, 7) is 0.0494. The first kappa shape index (κ1) is 18.8. The fourth-order valence-electron chi connectivity index (χ4n) is 2.85. The van der Waals surface area contributed by atoms with Crippen LogP contribution in [0.3, 0.4) is 0 Å². The van der Waals surface area contributed by atoms with E-state index < -0.39 is 5.82 Å². The summed E-state index contributed by atoms with van der Waals surface area (Å²) in [5.41, 5.74) is 1.90. The lowest BCUT2D eigenvalue weighted by Gasteiger charge is -2.08. The van der Waals surface area contributed by atoms with Crippen molar-refractivity contribution in [2.75, 3.05) is 0 Å². The Bertz CT molecular complexity index is 1250. The molecule has 4 aromatic rings. The Kier molecular flexibility index (Phi) is 4.81. The summed E-state index contributed by atoms with van der Waals surface area (Å²) >= 11 is 5.82. The zero-order chi connectivity index (χ0) is 20.5. The van der Waals surface area contributed by atoms with Crippen molar-refractivity contribution < 1.29 is 9.50 Å². The third-order valence-electron chi connectivity index (χ3n) is 4.38. The summed E-state index contributed by atoms with van der Waals surface area (Å²) in [7, 11) is 1.65. The molecule has 146 valence electrons. The monoisotopic (exact) mass is 412 g/mol. The number of aromatic hydroxyl groups is 1. The van der Waals surface area contributed by atoms with E-state index in [1.807, 2.05) is 0 Å². The summed E-state index contributed by atoms with van der Waals surface area (Å²) in [6.07, 6.45) is 2.96. The van der Waals surface area contributed by atoms with Gasteiger partial charge >= 0.3 is 0 Å². The van der Waals surface area contributed by atoms with Crippen LogP contribution in [0.25, 0.3) is 22.4 Å². The third-order valence-corrected chi connectivity index (χ3v) is 4.61. The number of aryl methyl sites for hydroxylation is 1. The standard InChI is InChI=1S/C19H14ClFN6O2/c1-26-16(19(24-25-26)14-4-3-13(20)7-15(14)21)10-27-18(29)6-12(9-23-27)11-2-5-17(28)22-8-11/h2-9H,10H2,1H3,(H,22,28). The molecule has 0 spiro atoms. The molecule has 0 unspecified atom stereocenters. The summed E-state index contributed by atoms with van der Waals surface area (Å²) in [6, 6.07) is 8.74. The van der Waals surface area contributed by atoms with Gasteiger partial charge in [0.25, 0.3) is 5.56 Å². The van der Waals surface area contributed by atoms with E-state index in [-0.39, 0.29) is 28.6 Å². The molecule has 0 saturated heterocycles. The normalized spacial score (nSPS) is 11.0. The van der Waals surface area contributed by atoms with E-state index in [4.69, 9.17) is 11.6 Å². The van der Waals surface area contributed by atoms with Crippen molar-refractivity contribution in [1.29, 1.82) is 0 Å². The molecule has 0 amide bonds. The Morgan fingerprint density at radius 2 is 1.97 bits per heavy atom. The van der Waals surface area contributed by atoms with E-state index in [2.05, 4.69) is 20.4 Å². The van der Waals surface area contributed by atoms with E-state index in [9.17, 15) is 14.3 Å². The van der Waals surface area contributed by atoms with Gasteiger partial charge in [0.2, 0.25) is 5.88 Å². The molecule has 0 aliphatic carbocycles. The van der Waals surface area contributed by atoms with Gasteiger partial charge in [-0.15, -0.1) is 5.10 Å². The summed E-state index contributed by atoms with van der Waals surface area (Å²) in [4.78, 5) is 16.4. The van der Waals surface area contributed by atoms with Gasteiger partial charge in [0.15, 0.2) is 0 Å². The fourth-order valence-corrected chi connectivity index (χ4v) is 3.01. The summed E-state index contributed by atoms with van der Waals surface area (Å²) < 4.78 is 17.0. The van der Waals surface area contributed by atoms with Crippen LogP contribution in [0.2, 0.25) is 5.02 Å². The maximum absolute atomic E-state index is 14.3. The average Bonchev–Trinajstić information content (AvgIpc) is 3.04. The topological polar surface area (TPSA) is 98.7 Å². The van der Waals surface area contributed by atoms with Gasteiger partial charge in [-0.25, -0.2) is 18.7 Å². The highest BCUT2D eigenvalue weighted by molar-refractivity contribution is 6.30. The zero-order valence-corrected chi connectivity index (χ0v) is 15.9. The molecule has 0 saturated carbocycles. The quantitative estimate of drug-likeness (QED) is 0.553. The minimum Gasteiger partial charge on any atom is -0.493 e. The maximum Gasteiger partial charge on any atom is 0.267 e. The molecule has 3 heterocycles. The lowest BCUT2D eigenvalue weighted by atomic mass is 10.1. The summed E-state index contributed by atoms with van der Waals surface area (Å²) in [5.74, 6) is -0.643. The number of benzene rings is 1. The Labute approximate surface area is 168 Å². The number of rotatable bonds is 4. The largest absolute Gasteiger partial charge is 0.493 e. The van der Waals surface area contributed by atoms with Crippen LogP contribution in [0.5, 0.6) is 5.88 Å². The first-order valence-corrected chi connectivity index (χ1v) is 8.86. The predicted octanol–water partition coefficient (Wildman–Crippen LogP) is 2.65. The number of pyridine rings is 1. The third kappa shape index (κ3) is 3.72. The van der Waals surface area contributed by atoms with Crippen LogP contribution in [-0.4, -0.2) is 34.9 Å². The molecule has 3 aromatic heterocycles. The molecule has 1 N–H and O–H groups in total. The maximum atomic E-state index is 14.3. The fraction of sp³-hybridized carbons (Fsp3) is 0.105. The van der Waals surface area contributed by atoms with Gasteiger partial charge in [-0.3, -0.25) is 4.79 Å². The van der Waals surface area contributed by atoms with Crippen LogP contribution in [-0.2, 0) is 13.6 Å². The van der Waals surface area contributed by atoms with Crippen LogP contribution >= 0.6 is 11.6 Å². The number of aromatic nitrogens is 6. The Hall–Kier alpha value is -3.59. The van der Waals surface area contributed by atoms with E-state index in [1.165, 1.54) is 46.0 Å². The Morgan fingerprint density at radius 1 is 1.14 bits per heavy atom. The summed E-state index contributed by atoms with van der Waals surface area (Å²) in [5, 5.41) is 21.7. The van der Waals surface area contributed by atoms with Gasteiger partial charge in [-0.05, 0) is 24.3 Å². The van der Waals surface area contributed by atoms with Crippen molar-refractivity contribution in [1.82, 2.24) is 29.8 Å². The van der Waals surface area contributed by atoms with Gasteiger partial charge in [-0.2, -0.15) is 5.10 Å². The van der Waals surface area contributed by atoms with E-state index in [0.29, 0.717) is 22.5 Å². The molecular weight excluding hydrogens is 399 g/mol. The van der Waals surface area contributed by atoms with Crippen LogP contribution in [0.4, 0.5) is 4.39 Å². The van der Waals surface area contributed by atoms with Crippen LogP contribution in [0.1, 0.15) is 5.69 Å². The van der Waals surface area contributed by atoms with Gasteiger partial charge < -0.3 is 5.11 Å². The van der Waals surface area contributed by atoms with Crippen molar-refractivity contribution in [3.05, 3.63) is 75.7 Å². The molecule has 0 aliphatic rings. The second kappa shape index (κ2) is 7.44. The molecule has 0 atom stereocenters. The van der Waals surface area contributed by atoms with Gasteiger partial charge in [-0.1, -0.05) is 16.8 Å². The van der Waals surface area contributed by atoms with Gasteiger partial charge in [0.1, 0.15) is 11.5 Å². The van der Waals surface area contributed by atoms with Gasteiger partial charge in [0, 0.05) is 47.1 Å². The molecule has 1 aromatic carbocycles. The molecule has 0 aliphatic heterocycles. The second-order valence-corrected chi connectivity index (χ2v) is 6.71. The van der Waals surface area contributed by atoms with Crippen molar-refractivity contribution in [3.63, 3.8) is 0 Å². The Balaban J connectivity index is 1.69. The highest BCUT2D eigenvalue weighted by atomic mass is 35.5. The Morgan fingerprint density at radius 3 is 2.66 bits per heavy atom. The smallest absolute Gasteiger partial charge is 0.267 e. The predicted molar refractivity (Wildman–Crippen MR) is 104 cm³/mol. The van der Waals surface area contributed by atoms with E-state index >= 15 is 0 Å². The first-order valence-electron chi connectivity index (χ1n) is 8.49. The highest BCUT2D eigenvalue weighted by Crippen LogP contribution is 2.26. The lowest BCUT2D eigenvalue weighted by Crippen LogP contribution is -2.24. The molecular formula is C19H14ClFN6O2. The molecule has 0 bridgehead atoms. The first-order chi connectivity index (χ1) is 13.9. The minimum atomic E-state index is -0.533. The van der Waals surface area contributed by atoms with Crippen LogP contribution in [0.15, 0.2) is 53.6 Å². The van der Waals surface area contributed by atoms with Crippen molar-refractivity contribution >= 4 is 11.6 Å². The molecule has 8 nitrogen and oxygen atoms in total. The number of hydrogen-bond donors (Lipinski definition) is 1. The molecule has 0 fully saturated rings. The molecule has 0 radical (unpaired) electrons. The van der Waals surface area contributed by atoms with Crippen molar-refractivity contribution in [2.24, 2.45) is 7.05 Å². The lowest BCUT2D eigenvalue weighted by molar-refractivity contribution is 0.453. The highest BCUT2D eigenvalue weighted by Gasteiger charge is 2.18. The van der Waals surface area contributed by atoms with Crippen molar-refractivity contribution in [3.8, 4) is 28.3 Å². The minimum absolute atomic E-state index is 0.0494. The molecule has 10 heteroatoms.